The first-order chi connectivity index (χ1) is 11.4. The maximum absolute atomic E-state index is 12.3. The van der Waals surface area contributed by atoms with Crippen LogP contribution >= 0.6 is 0 Å². The minimum absolute atomic E-state index is 0.0682. The summed E-state index contributed by atoms with van der Waals surface area (Å²) in [6.07, 6.45) is 0.565. The van der Waals surface area contributed by atoms with Gasteiger partial charge in [0.2, 0.25) is 0 Å². The van der Waals surface area contributed by atoms with Gasteiger partial charge < -0.3 is 14.7 Å². The molecule has 0 aliphatic carbocycles. The minimum atomic E-state index is -1.20. The summed E-state index contributed by atoms with van der Waals surface area (Å²) in [6.45, 7) is 7.04. The molecule has 1 atom stereocenters. The molecule has 2 rings (SSSR count). The number of nitrogens with zero attached hydrogens (tertiary/aromatic N) is 3. The van der Waals surface area contributed by atoms with E-state index in [1.165, 1.54) is 4.90 Å². The fourth-order valence-corrected chi connectivity index (χ4v) is 2.51. The van der Waals surface area contributed by atoms with Crippen LogP contribution in [0.4, 0.5) is 0 Å². The molecule has 6 heteroatoms. The highest BCUT2D eigenvalue weighted by molar-refractivity contribution is 5.80. The molecule has 0 saturated carbocycles. The Labute approximate surface area is 142 Å². The third-order valence-corrected chi connectivity index (χ3v) is 4.06. The van der Waals surface area contributed by atoms with Gasteiger partial charge >= 0.3 is 0 Å². The Morgan fingerprint density at radius 2 is 2.08 bits per heavy atom. The molecule has 1 amide bonds. The monoisotopic (exact) mass is 331 g/mol. The average molecular weight is 331 g/mol. The van der Waals surface area contributed by atoms with Gasteiger partial charge in [-0.05, 0) is 32.4 Å². The minimum Gasteiger partial charge on any atom is -0.490 e. The number of aliphatic hydroxyl groups is 1. The van der Waals surface area contributed by atoms with Gasteiger partial charge in [0.1, 0.15) is 12.4 Å². The van der Waals surface area contributed by atoms with Crippen molar-refractivity contribution in [1.29, 1.82) is 0 Å². The zero-order valence-electron chi connectivity index (χ0n) is 14.7. The lowest BCUT2D eigenvalue weighted by Gasteiger charge is -2.21. The number of carbonyl (C=O) groups is 1. The number of carbonyl (C=O) groups excluding carboxylic acids is 1. The van der Waals surface area contributed by atoms with Crippen molar-refractivity contribution < 1.29 is 14.6 Å². The van der Waals surface area contributed by atoms with E-state index in [-0.39, 0.29) is 12.5 Å². The standard InChI is InChI=1S/C18H25N3O3/c1-5-21-14(3)15(10-19-21)11-20(4)18(23)16(22)12-24-17-9-7-6-8-13(17)2/h6-10,16,22H,5,11-12H2,1-4H3. The van der Waals surface area contributed by atoms with Crippen LogP contribution in [0.3, 0.4) is 0 Å². The molecule has 0 spiro atoms. The van der Waals surface area contributed by atoms with Crippen molar-refractivity contribution in [3.05, 3.63) is 47.3 Å². The van der Waals surface area contributed by atoms with Crippen molar-refractivity contribution in [3.63, 3.8) is 0 Å². The summed E-state index contributed by atoms with van der Waals surface area (Å²) in [5, 5.41) is 14.4. The molecule has 24 heavy (non-hydrogen) atoms. The quantitative estimate of drug-likeness (QED) is 0.842. The largest absolute Gasteiger partial charge is 0.490 e. The van der Waals surface area contributed by atoms with E-state index in [4.69, 9.17) is 4.74 Å². The topological polar surface area (TPSA) is 67.6 Å². The number of amides is 1. The van der Waals surface area contributed by atoms with E-state index in [9.17, 15) is 9.90 Å². The molecule has 1 unspecified atom stereocenters. The second kappa shape index (κ2) is 7.97. The van der Waals surface area contributed by atoms with Gasteiger partial charge in [-0.2, -0.15) is 5.10 Å². The van der Waals surface area contributed by atoms with Gasteiger partial charge in [0.25, 0.3) is 5.91 Å². The van der Waals surface area contributed by atoms with Crippen LogP contribution in [0, 0.1) is 13.8 Å². The Kier molecular flexibility index (Phi) is 5.98. The smallest absolute Gasteiger partial charge is 0.255 e. The fourth-order valence-electron chi connectivity index (χ4n) is 2.51. The molecule has 0 radical (unpaired) electrons. The molecule has 0 saturated heterocycles. The third-order valence-electron chi connectivity index (χ3n) is 4.06. The van der Waals surface area contributed by atoms with E-state index >= 15 is 0 Å². The summed E-state index contributed by atoms with van der Waals surface area (Å²) >= 11 is 0. The van der Waals surface area contributed by atoms with E-state index in [0.29, 0.717) is 12.3 Å². The maximum atomic E-state index is 12.3. The summed E-state index contributed by atoms with van der Waals surface area (Å²) in [5.41, 5.74) is 2.97. The van der Waals surface area contributed by atoms with Gasteiger partial charge in [-0.15, -0.1) is 0 Å². The highest BCUT2D eigenvalue weighted by atomic mass is 16.5. The van der Waals surface area contributed by atoms with Gasteiger partial charge in [0.15, 0.2) is 6.10 Å². The van der Waals surface area contributed by atoms with E-state index in [2.05, 4.69) is 5.10 Å². The molecule has 1 heterocycles. The molecule has 6 nitrogen and oxygen atoms in total. The molecule has 1 aromatic carbocycles. The Hall–Kier alpha value is -2.34. The van der Waals surface area contributed by atoms with Crippen LogP contribution in [0.5, 0.6) is 5.75 Å². The number of hydrogen-bond acceptors (Lipinski definition) is 4. The van der Waals surface area contributed by atoms with Gasteiger partial charge in [-0.3, -0.25) is 9.48 Å². The van der Waals surface area contributed by atoms with E-state index in [0.717, 1.165) is 23.4 Å². The third kappa shape index (κ3) is 4.14. The number of aryl methyl sites for hydroxylation is 2. The fraction of sp³-hybridized carbons (Fsp3) is 0.444. The Morgan fingerprint density at radius 1 is 1.38 bits per heavy atom. The summed E-state index contributed by atoms with van der Waals surface area (Å²) in [4.78, 5) is 13.8. The number of ether oxygens (including phenoxy) is 1. The molecule has 0 fully saturated rings. The first kappa shape index (κ1) is 18.0. The van der Waals surface area contributed by atoms with Gasteiger partial charge in [-0.25, -0.2) is 0 Å². The van der Waals surface area contributed by atoms with E-state index in [1.54, 1.807) is 13.2 Å². The van der Waals surface area contributed by atoms with Crippen molar-refractivity contribution in [2.75, 3.05) is 13.7 Å². The molecule has 0 bridgehead atoms. The van der Waals surface area contributed by atoms with Gasteiger partial charge in [0, 0.05) is 31.4 Å². The maximum Gasteiger partial charge on any atom is 0.255 e. The average Bonchev–Trinajstić information content (AvgIpc) is 2.93. The SMILES string of the molecule is CCn1ncc(CN(C)C(=O)C(O)COc2ccccc2C)c1C. The highest BCUT2D eigenvalue weighted by Gasteiger charge is 2.21. The lowest BCUT2D eigenvalue weighted by atomic mass is 10.2. The van der Waals surface area contributed by atoms with Gasteiger partial charge in [0.05, 0.1) is 6.20 Å². The molecular formula is C18H25N3O3. The van der Waals surface area contributed by atoms with Crippen molar-refractivity contribution in [1.82, 2.24) is 14.7 Å². The van der Waals surface area contributed by atoms with Crippen LogP contribution in [0.25, 0.3) is 0 Å². The van der Waals surface area contributed by atoms with Crippen molar-refractivity contribution in [3.8, 4) is 5.75 Å². The first-order valence-corrected chi connectivity index (χ1v) is 8.06. The van der Waals surface area contributed by atoms with E-state index in [1.807, 2.05) is 49.7 Å². The number of rotatable bonds is 7. The van der Waals surface area contributed by atoms with Crippen LogP contribution in [-0.2, 0) is 17.9 Å². The lowest BCUT2D eigenvalue weighted by molar-refractivity contribution is -0.140. The second-order valence-corrected chi connectivity index (χ2v) is 5.86. The summed E-state index contributed by atoms with van der Waals surface area (Å²) in [5.74, 6) is 0.305. The highest BCUT2D eigenvalue weighted by Crippen LogP contribution is 2.16. The number of likely N-dealkylation sites (N-methyl/N-ethyl adjacent to an activating group) is 1. The van der Waals surface area contributed by atoms with Crippen LogP contribution in [0.1, 0.15) is 23.7 Å². The molecule has 1 N–H and O–H groups in total. The molecular weight excluding hydrogens is 306 g/mol. The Balaban J connectivity index is 1.92. The zero-order chi connectivity index (χ0) is 17.7. The van der Waals surface area contributed by atoms with Crippen molar-refractivity contribution in [2.24, 2.45) is 0 Å². The zero-order valence-corrected chi connectivity index (χ0v) is 14.7. The van der Waals surface area contributed by atoms with Crippen LogP contribution in [0.2, 0.25) is 0 Å². The second-order valence-electron chi connectivity index (χ2n) is 5.86. The number of hydrogen-bond donors (Lipinski definition) is 1. The number of aliphatic hydroxyl groups excluding tert-OH is 1. The van der Waals surface area contributed by atoms with Crippen LogP contribution in [-0.4, -0.2) is 45.5 Å². The summed E-state index contributed by atoms with van der Waals surface area (Å²) in [6, 6.07) is 7.51. The lowest BCUT2D eigenvalue weighted by Crippen LogP contribution is -2.39. The van der Waals surface area contributed by atoms with E-state index < -0.39 is 6.10 Å². The predicted octanol–water partition coefficient (Wildman–Crippen LogP) is 1.92. The summed E-state index contributed by atoms with van der Waals surface area (Å²) in [7, 11) is 1.67. The predicted molar refractivity (Wildman–Crippen MR) is 91.8 cm³/mol. The normalized spacial score (nSPS) is 12.0. The first-order valence-electron chi connectivity index (χ1n) is 8.06. The number of aromatic nitrogens is 2. The van der Waals surface area contributed by atoms with Crippen LogP contribution < -0.4 is 4.74 Å². The molecule has 0 aliphatic heterocycles. The summed E-state index contributed by atoms with van der Waals surface area (Å²) < 4.78 is 7.43. The number of benzene rings is 1. The van der Waals surface area contributed by atoms with Crippen molar-refractivity contribution >= 4 is 5.91 Å². The van der Waals surface area contributed by atoms with Crippen LogP contribution in [0.15, 0.2) is 30.5 Å². The molecule has 130 valence electrons. The Morgan fingerprint density at radius 3 is 2.71 bits per heavy atom. The van der Waals surface area contributed by atoms with Crippen molar-refractivity contribution in [2.45, 2.75) is 40.0 Å². The van der Waals surface area contributed by atoms with Gasteiger partial charge in [-0.1, -0.05) is 18.2 Å². The molecule has 0 aliphatic rings. The molecule has 1 aromatic heterocycles. The Bertz CT molecular complexity index is 697. The number of para-hydroxylation sites is 1. The molecule has 2 aromatic rings.